The Labute approximate surface area is 199 Å². The molecule has 0 bridgehead atoms. The van der Waals surface area contributed by atoms with Gasteiger partial charge in [0.2, 0.25) is 5.88 Å². The van der Waals surface area contributed by atoms with Gasteiger partial charge in [0.25, 0.3) is 0 Å². The van der Waals surface area contributed by atoms with E-state index in [1.807, 2.05) is 54.1 Å². The summed E-state index contributed by atoms with van der Waals surface area (Å²) in [6.07, 6.45) is 1.81. The van der Waals surface area contributed by atoms with Gasteiger partial charge in [0.1, 0.15) is 17.2 Å². The maximum atomic E-state index is 12.1. The molecule has 0 radical (unpaired) electrons. The topological polar surface area (TPSA) is 111 Å². The number of phenolic OH excluding ortho intramolecular Hbond substituents is 1. The highest BCUT2D eigenvalue weighted by molar-refractivity contribution is 7.91. The Morgan fingerprint density at radius 2 is 1.71 bits per heavy atom. The van der Waals surface area contributed by atoms with E-state index in [4.69, 9.17) is 4.74 Å². The fourth-order valence-corrected chi connectivity index (χ4v) is 4.81. The van der Waals surface area contributed by atoms with Gasteiger partial charge in [-0.1, -0.05) is 54.6 Å². The van der Waals surface area contributed by atoms with Gasteiger partial charge in [0, 0.05) is 25.1 Å². The summed E-state index contributed by atoms with van der Waals surface area (Å²) in [6, 6.07) is 22.7. The summed E-state index contributed by atoms with van der Waals surface area (Å²) in [5.74, 6) is 0.0759. The molecular formula is C25H27N3O5S. The van der Waals surface area contributed by atoms with Crippen molar-refractivity contribution in [1.82, 2.24) is 10.0 Å². The van der Waals surface area contributed by atoms with E-state index in [9.17, 15) is 18.6 Å². The molecule has 4 rings (SSSR count). The number of benzene rings is 3. The number of anilines is 1. The molecule has 0 aromatic heterocycles. The minimum Gasteiger partial charge on any atom is -0.506 e. The van der Waals surface area contributed by atoms with Crippen LogP contribution >= 0.6 is 0 Å². The number of phenols is 1. The van der Waals surface area contributed by atoms with Crippen LogP contribution in [-0.4, -0.2) is 24.7 Å². The number of aliphatic hydroxyl groups is 1. The molecule has 0 saturated heterocycles. The van der Waals surface area contributed by atoms with Crippen LogP contribution in [0.3, 0.4) is 0 Å². The highest BCUT2D eigenvalue weighted by atomic mass is 32.2. The highest BCUT2D eigenvalue weighted by Crippen LogP contribution is 2.32. The average molecular weight is 482 g/mol. The third-order valence-electron chi connectivity index (χ3n) is 5.32. The Balaban J connectivity index is 1.40. The maximum absolute atomic E-state index is 12.1. The summed E-state index contributed by atoms with van der Waals surface area (Å²) in [7, 11) is -3.99. The van der Waals surface area contributed by atoms with E-state index < -0.39 is 16.1 Å². The molecule has 1 atom stereocenters. The predicted molar refractivity (Wildman–Crippen MR) is 131 cm³/mol. The Morgan fingerprint density at radius 1 is 0.971 bits per heavy atom. The lowest BCUT2D eigenvalue weighted by Crippen LogP contribution is -2.29. The van der Waals surface area contributed by atoms with Gasteiger partial charge in [-0.15, -0.1) is 0 Å². The second-order valence-corrected chi connectivity index (χ2v) is 9.62. The number of rotatable bonds is 9. The normalized spacial score (nSPS) is 15.4. The van der Waals surface area contributed by atoms with Crippen LogP contribution in [0.1, 0.15) is 23.6 Å². The molecule has 9 heteroatoms. The lowest BCUT2D eigenvalue weighted by Gasteiger charge is -2.18. The van der Waals surface area contributed by atoms with Crippen LogP contribution in [0.2, 0.25) is 0 Å². The van der Waals surface area contributed by atoms with Gasteiger partial charge in [-0.25, -0.2) is 9.03 Å². The van der Waals surface area contributed by atoms with Gasteiger partial charge in [0.05, 0.1) is 12.3 Å². The summed E-state index contributed by atoms with van der Waals surface area (Å²) in [4.78, 5) is 0. The van der Waals surface area contributed by atoms with Crippen LogP contribution in [0.15, 0.2) is 84.9 Å². The van der Waals surface area contributed by atoms with Crippen molar-refractivity contribution in [1.29, 1.82) is 0 Å². The van der Waals surface area contributed by atoms with Crippen molar-refractivity contribution < 1.29 is 23.4 Å². The Bertz CT molecular complexity index is 1280. The summed E-state index contributed by atoms with van der Waals surface area (Å²) in [5.41, 5.74) is 3.03. The van der Waals surface area contributed by atoms with Crippen LogP contribution in [0.25, 0.3) is 0 Å². The van der Waals surface area contributed by atoms with Crippen molar-refractivity contribution in [2.75, 3.05) is 4.31 Å². The number of hydrogen-bond acceptors (Lipinski definition) is 6. The Kier molecular flexibility index (Phi) is 6.95. The van der Waals surface area contributed by atoms with Crippen LogP contribution in [0.4, 0.5) is 5.69 Å². The third kappa shape index (κ3) is 5.62. The molecule has 0 fully saturated rings. The molecule has 1 unspecified atom stereocenters. The van der Waals surface area contributed by atoms with Gasteiger partial charge in [-0.2, -0.15) is 8.42 Å². The fraction of sp³-hybridized carbons (Fsp3) is 0.200. The van der Waals surface area contributed by atoms with Crippen LogP contribution < -0.4 is 19.1 Å². The molecule has 0 amide bonds. The highest BCUT2D eigenvalue weighted by Gasteiger charge is 2.30. The summed E-state index contributed by atoms with van der Waals surface area (Å²) in [6.45, 7) is 3.01. The number of nitrogens with one attached hydrogen (secondary N) is 2. The number of aromatic hydroxyl groups is 1. The average Bonchev–Trinajstić information content (AvgIpc) is 3.08. The third-order valence-corrected chi connectivity index (χ3v) is 6.61. The van der Waals surface area contributed by atoms with Gasteiger partial charge in [-0.3, -0.25) is 0 Å². The number of aliphatic hydroxyl groups excluding tert-OH is 1. The van der Waals surface area contributed by atoms with Crippen LogP contribution in [-0.2, 0) is 29.7 Å². The lowest BCUT2D eigenvalue weighted by molar-refractivity contribution is 0.219. The maximum Gasteiger partial charge on any atom is 0.330 e. The van der Waals surface area contributed by atoms with Crippen molar-refractivity contribution in [2.24, 2.45) is 0 Å². The van der Waals surface area contributed by atoms with E-state index in [1.54, 1.807) is 12.1 Å². The van der Waals surface area contributed by atoms with Crippen molar-refractivity contribution >= 4 is 15.9 Å². The number of ether oxygens (including phenoxy) is 1. The molecule has 4 N–H and O–H groups in total. The van der Waals surface area contributed by atoms with Crippen molar-refractivity contribution in [3.8, 4) is 11.5 Å². The zero-order valence-corrected chi connectivity index (χ0v) is 19.5. The van der Waals surface area contributed by atoms with Crippen LogP contribution in [0, 0.1) is 0 Å². The zero-order chi connectivity index (χ0) is 24.1. The van der Waals surface area contributed by atoms with Gasteiger partial charge in [-0.05, 0) is 36.2 Å². The number of nitrogens with zero attached hydrogens (tertiary/aromatic N) is 1. The van der Waals surface area contributed by atoms with Gasteiger partial charge < -0.3 is 20.3 Å². The molecule has 0 spiro atoms. The lowest BCUT2D eigenvalue weighted by atomic mass is 10.1. The first-order chi connectivity index (χ1) is 16.3. The molecule has 34 heavy (non-hydrogen) atoms. The fourth-order valence-electron chi connectivity index (χ4n) is 3.75. The van der Waals surface area contributed by atoms with Gasteiger partial charge in [0.15, 0.2) is 0 Å². The van der Waals surface area contributed by atoms with E-state index in [-0.39, 0.29) is 17.5 Å². The minimum absolute atomic E-state index is 0.00342. The SMILES string of the molecule is CC(Cc1ccccc1)Oc1ccccc1CNCc1ccc(O)c(N2C=C(O)NS2(=O)=O)c1. The van der Waals surface area contributed by atoms with Crippen molar-refractivity contribution in [2.45, 2.75) is 32.5 Å². The Hall–Kier alpha value is -3.69. The number of para-hydroxylation sites is 1. The zero-order valence-electron chi connectivity index (χ0n) is 18.7. The summed E-state index contributed by atoms with van der Waals surface area (Å²) >= 11 is 0. The predicted octanol–water partition coefficient (Wildman–Crippen LogP) is 3.70. The molecule has 178 valence electrons. The monoisotopic (exact) mass is 481 g/mol. The first-order valence-electron chi connectivity index (χ1n) is 10.9. The minimum atomic E-state index is -3.99. The summed E-state index contributed by atoms with van der Waals surface area (Å²) in [5, 5.41) is 23.0. The first-order valence-corrected chi connectivity index (χ1v) is 12.3. The second kappa shape index (κ2) is 10.1. The van der Waals surface area contributed by atoms with Crippen LogP contribution in [0.5, 0.6) is 11.5 Å². The molecule has 3 aromatic carbocycles. The van der Waals surface area contributed by atoms with E-state index in [1.165, 1.54) is 11.6 Å². The molecule has 1 heterocycles. The molecule has 1 aliphatic rings. The van der Waals surface area contributed by atoms with Crippen molar-refractivity contribution in [3.05, 3.63) is 102 Å². The molecular weight excluding hydrogens is 454 g/mol. The second-order valence-electron chi connectivity index (χ2n) is 8.07. The van der Waals surface area contributed by atoms with E-state index in [2.05, 4.69) is 17.4 Å². The number of hydrogen-bond donors (Lipinski definition) is 4. The molecule has 8 nitrogen and oxygen atoms in total. The first kappa shape index (κ1) is 23.5. The molecule has 3 aromatic rings. The van der Waals surface area contributed by atoms with Gasteiger partial charge >= 0.3 is 10.2 Å². The summed E-state index contributed by atoms with van der Waals surface area (Å²) < 4.78 is 33.2. The molecule has 0 aliphatic carbocycles. The largest absolute Gasteiger partial charge is 0.506 e. The molecule has 0 saturated carbocycles. The smallest absolute Gasteiger partial charge is 0.330 e. The van der Waals surface area contributed by atoms with E-state index in [0.717, 1.165) is 33.8 Å². The Morgan fingerprint density at radius 3 is 2.44 bits per heavy atom. The van der Waals surface area contributed by atoms with Crippen molar-refractivity contribution in [3.63, 3.8) is 0 Å². The van der Waals surface area contributed by atoms with E-state index >= 15 is 0 Å². The quantitative estimate of drug-likeness (QED) is 0.371. The van der Waals surface area contributed by atoms with E-state index in [0.29, 0.717) is 13.1 Å². The molecule has 1 aliphatic heterocycles. The standard InChI is InChI=1S/C25H27N3O5S/c1-18(13-19-7-3-2-4-8-19)33-24-10-6-5-9-21(24)16-26-15-20-11-12-23(29)22(14-20)28-17-25(30)27-34(28,31)32/h2-12,14,17-18,26-27,29-30H,13,15-16H2,1H3.